The van der Waals surface area contributed by atoms with Gasteiger partial charge in [0.2, 0.25) is 0 Å². The minimum Gasteiger partial charge on any atom is -0.497 e. The molecule has 1 aliphatic carbocycles. The summed E-state index contributed by atoms with van der Waals surface area (Å²) < 4.78 is 10.5. The molecule has 0 N–H and O–H groups in total. The smallest absolute Gasteiger partial charge is 0.410 e. The highest BCUT2D eigenvalue weighted by Crippen LogP contribution is 2.43. The van der Waals surface area contributed by atoms with Gasteiger partial charge in [-0.2, -0.15) is 0 Å². The van der Waals surface area contributed by atoms with Gasteiger partial charge in [-0.1, -0.05) is 36.2 Å². The second-order valence-electron chi connectivity index (χ2n) is 7.29. The van der Waals surface area contributed by atoms with E-state index in [4.69, 9.17) is 21.1 Å². The maximum atomic E-state index is 12.1. The molecule has 0 aliphatic heterocycles. The number of rotatable bonds is 7. The molecule has 1 aliphatic rings. The molecule has 0 spiro atoms. The quantitative estimate of drug-likeness (QED) is 0.581. The Balaban J connectivity index is 1.87. The van der Waals surface area contributed by atoms with Crippen LogP contribution in [0.5, 0.6) is 5.75 Å². The first-order chi connectivity index (χ1) is 13.9. The third-order valence-corrected chi connectivity index (χ3v) is 5.36. The van der Waals surface area contributed by atoms with Crippen LogP contribution in [0.2, 0.25) is 0 Å². The van der Waals surface area contributed by atoms with E-state index in [1.54, 1.807) is 26.0 Å². The number of hydrogen-bond donors (Lipinski definition) is 0. The summed E-state index contributed by atoms with van der Waals surface area (Å²) in [5, 5.41) is 0. The van der Waals surface area contributed by atoms with Crippen molar-refractivity contribution in [3.05, 3.63) is 65.0 Å². The lowest BCUT2D eigenvalue weighted by atomic mass is 9.89. The second kappa shape index (κ2) is 9.31. The number of carbonyl (C=O) groups excluding carboxylic acids is 1. The van der Waals surface area contributed by atoms with E-state index in [-0.39, 0.29) is 5.92 Å². The molecular formula is C23H27ClN2O3. The summed E-state index contributed by atoms with van der Waals surface area (Å²) in [5.74, 6) is 1.01. The molecule has 2 unspecified atom stereocenters. The van der Waals surface area contributed by atoms with Crippen LogP contribution < -0.4 is 4.74 Å². The Morgan fingerprint density at radius 1 is 1.28 bits per heavy atom. The van der Waals surface area contributed by atoms with Crippen LogP contribution in [-0.2, 0) is 11.2 Å². The van der Waals surface area contributed by atoms with E-state index >= 15 is 0 Å². The number of pyridine rings is 1. The monoisotopic (exact) mass is 414 g/mol. The molecule has 1 amide bonds. The number of fused-ring (bicyclic) bond motifs is 1. The number of ether oxygens (including phenoxy) is 2. The fourth-order valence-corrected chi connectivity index (χ4v) is 3.86. The highest BCUT2D eigenvalue weighted by Gasteiger charge is 2.27. The Hall–Kier alpha value is -2.53. The summed E-state index contributed by atoms with van der Waals surface area (Å²) in [6.07, 6.45) is 3.01. The second-order valence-corrected chi connectivity index (χ2v) is 7.91. The maximum absolute atomic E-state index is 12.1. The minimum atomic E-state index is -0.646. The summed E-state index contributed by atoms with van der Waals surface area (Å²) in [7, 11) is 3.41. The van der Waals surface area contributed by atoms with E-state index < -0.39 is 11.7 Å². The summed E-state index contributed by atoms with van der Waals surface area (Å²) in [6.45, 7) is 4.37. The molecule has 0 bridgehead atoms. The van der Waals surface area contributed by atoms with Gasteiger partial charge in [0.1, 0.15) is 5.75 Å². The topological polar surface area (TPSA) is 51.7 Å². The Bertz CT molecular complexity index is 896. The van der Waals surface area contributed by atoms with Gasteiger partial charge < -0.3 is 14.4 Å². The molecule has 0 saturated heterocycles. The van der Waals surface area contributed by atoms with Gasteiger partial charge in [-0.3, -0.25) is 4.98 Å². The van der Waals surface area contributed by atoms with E-state index in [1.807, 2.05) is 24.4 Å². The number of nitrogens with zero attached hydrogens (tertiary/aromatic N) is 2. The molecule has 3 rings (SSSR count). The normalized spacial score (nSPS) is 14.9. The van der Waals surface area contributed by atoms with Crippen molar-refractivity contribution < 1.29 is 14.3 Å². The van der Waals surface area contributed by atoms with Gasteiger partial charge in [0.25, 0.3) is 0 Å². The average Bonchev–Trinajstić information content (AvgIpc) is 3.08. The molecule has 1 aromatic carbocycles. The van der Waals surface area contributed by atoms with Crippen LogP contribution in [0.3, 0.4) is 0 Å². The number of hydrogen-bond acceptors (Lipinski definition) is 4. The molecule has 29 heavy (non-hydrogen) atoms. The number of carbonyl (C=O) groups is 1. The zero-order valence-electron chi connectivity index (χ0n) is 17.3. The van der Waals surface area contributed by atoms with Crippen LogP contribution in [0.4, 0.5) is 4.79 Å². The first-order valence-corrected chi connectivity index (χ1v) is 10.2. The number of benzene rings is 1. The third-order valence-electron chi connectivity index (χ3n) is 5.28. The predicted molar refractivity (Wildman–Crippen MR) is 115 cm³/mol. The van der Waals surface area contributed by atoms with Gasteiger partial charge >= 0.3 is 6.09 Å². The van der Waals surface area contributed by atoms with Crippen molar-refractivity contribution in [1.29, 1.82) is 0 Å². The zero-order chi connectivity index (χ0) is 21.0. The Morgan fingerprint density at radius 3 is 2.72 bits per heavy atom. The van der Waals surface area contributed by atoms with E-state index in [1.165, 1.54) is 22.3 Å². The highest BCUT2D eigenvalue weighted by atomic mass is 35.5. The van der Waals surface area contributed by atoms with Gasteiger partial charge in [-0.15, -0.1) is 0 Å². The summed E-state index contributed by atoms with van der Waals surface area (Å²) in [5.41, 5.74) is 5.47. The standard InChI is InChI=1S/C23H27ClN2O3/c1-15(21-7-5-6-11-25-21)22-17(10-12-26(3)23(27)29-16(2)24)13-18-14-19(28-4)8-9-20(18)22/h5-9,11,14-16H,10,12-13H2,1-4H3. The maximum Gasteiger partial charge on any atom is 0.410 e. The number of methoxy groups -OCH3 is 1. The number of allylic oxidation sites excluding steroid dienone is 1. The largest absolute Gasteiger partial charge is 0.497 e. The third kappa shape index (κ3) is 4.91. The van der Waals surface area contributed by atoms with Crippen LogP contribution in [0.25, 0.3) is 5.57 Å². The Labute approximate surface area is 177 Å². The van der Waals surface area contributed by atoms with Gasteiger partial charge in [-0.05, 0) is 60.7 Å². The van der Waals surface area contributed by atoms with Crippen LogP contribution in [0.15, 0.2) is 48.2 Å². The molecule has 0 radical (unpaired) electrons. The minimum absolute atomic E-state index is 0.154. The highest BCUT2D eigenvalue weighted by molar-refractivity contribution is 6.19. The summed E-state index contributed by atoms with van der Waals surface area (Å²) in [4.78, 5) is 18.2. The number of aromatic nitrogens is 1. The number of amides is 1. The van der Waals surface area contributed by atoms with Crippen LogP contribution in [-0.4, -0.2) is 42.2 Å². The van der Waals surface area contributed by atoms with E-state index in [2.05, 4.69) is 30.1 Å². The molecule has 2 aromatic rings. The fraction of sp³-hybridized carbons (Fsp3) is 0.391. The summed E-state index contributed by atoms with van der Waals surface area (Å²) >= 11 is 5.77. The predicted octanol–water partition coefficient (Wildman–Crippen LogP) is 5.25. The number of halogens is 1. The summed E-state index contributed by atoms with van der Waals surface area (Å²) in [6, 6.07) is 12.2. The molecular weight excluding hydrogens is 388 g/mol. The Kier molecular flexibility index (Phi) is 6.80. The lowest BCUT2D eigenvalue weighted by molar-refractivity contribution is 0.104. The lowest BCUT2D eigenvalue weighted by Gasteiger charge is -2.20. The Morgan fingerprint density at radius 2 is 2.07 bits per heavy atom. The van der Waals surface area contributed by atoms with Crippen LogP contribution in [0.1, 0.15) is 43.0 Å². The average molecular weight is 415 g/mol. The van der Waals surface area contributed by atoms with Gasteiger partial charge in [0.05, 0.1) is 7.11 Å². The van der Waals surface area contributed by atoms with Crippen molar-refractivity contribution in [3.8, 4) is 5.75 Å². The molecule has 5 nitrogen and oxygen atoms in total. The van der Waals surface area contributed by atoms with E-state index in [9.17, 15) is 4.79 Å². The lowest BCUT2D eigenvalue weighted by Crippen LogP contribution is -2.30. The molecule has 0 saturated carbocycles. The van der Waals surface area contributed by atoms with Crippen LogP contribution in [0, 0.1) is 0 Å². The molecule has 1 heterocycles. The first kappa shape index (κ1) is 21.2. The fourth-order valence-electron chi connectivity index (χ4n) is 3.79. The van der Waals surface area contributed by atoms with Crippen molar-refractivity contribution in [3.63, 3.8) is 0 Å². The van der Waals surface area contributed by atoms with Crippen molar-refractivity contribution in [2.45, 2.75) is 38.2 Å². The zero-order valence-corrected chi connectivity index (χ0v) is 18.1. The van der Waals surface area contributed by atoms with Crippen molar-refractivity contribution in [2.24, 2.45) is 0 Å². The van der Waals surface area contributed by atoms with Crippen molar-refractivity contribution in [2.75, 3.05) is 20.7 Å². The molecule has 1 aromatic heterocycles. The molecule has 154 valence electrons. The van der Waals surface area contributed by atoms with E-state index in [0.717, 1.165) is 24.3 Å². The van der Waals surface area contributed by atoms with Gasteiger partial charge in [0.15, 0.2) is 5.56 Å². The van der Waals surface area contributed by atoms with Gasteiger partial charge in [-0.25, -0.2) is 4.79 Å². The van der Waals surface area contributed by atoms with E-state index in [0.29, 0.717) is 6.54 Å². The molecule has 6 heteroatoms. The molecule has 2 atom stereocenters. The SMILES string of the molecule is COc1ccc2c(c1)CC(CCN(C)C(=O)OC(C)Cl)=C2C(C)c1ccccn1. The number of alkyl halides is 1. The van der Waals surface area contributed by atoms with Gasteiger partial charge in [0, 0.05) is 31.4 Å². The van der Waals surface area contributed by atoms with Crippen molar-refractivity contribution >= 4 is 23.3 Å². The van der Waals surface area contributed by atoms with Crippen LogP contribution >= 0.6 is 11.6 Å². The first-order valence-electron chi connectivity index (χ1n) is 9.76. The van der Waals surface area contributed by atoms with Crippen molar-refractivity contribution in [1.82, 2.24) is 9.88 Å². The molecule has 0 fully saturated rings.